The van der Waals surface area contributed by atoms with Crippen molar-refractivity contribution < 1.29 is 124 Å². The van der Waals surface area contributed by atoms with Crippen LogP contribution in [0.5, 0.6) is 0 Å². The molecule has 0 rings (SSSR count). The van der Waals surface area contributed by atoms with Crippen molar-refractivity contribution in [1.82, 2.24) is 0 Å². The predicted octanol–water partition coefficient (Wildman–Crippen LogP) is -1.26. The average molecular weight is 624 g/mol. The fourth-order valence-corrected chi connectivity index (χ4v) is 0.714. The number of aliphatic carboxylic acids is 3. The van der Waals surface area contributed by atoms with Gasteiger partial charge < -0.3 is 20.4 Å². The van der Waals surface area contributed by atoms with Gasteiger partial charge in [0.2, 0.25) is 0 Å². The van der Waals surface area contributed by atoms with Gasteiger partial charge >= 0.3 is 107 Å². The van der Waals surface area contributed by atoms with E-state index in [0.717, 1.165) is 0 Å². The fourth-order valence-electron chi connectivity index (χ4n) is 0.714. The third-order valence-electron chi connectivity index (χ3n) is 1.29. The molecule has 0 aromatic rings. The monoisotopic (exact) mass is 620 g/mol. The summed E-state index contributed by atoms with van der Waals surface area (Å²) in [5.41, 5.74) is -2.74. The molecule has 0 aliphatic rings. The number of aliphatic hydroxyl groups is 1. The van der Waals surface area contributed by atoms with Crippen LogP contribution in [0.2, 0.25) is 0 Å². The second-order valence-electron chi connectivity index (χ2n) is 2.48. The normalized spacial score (nSPS) is 8.29. The zero-order valence-corrected chi connectivity index (χ0v) is 13.6. The Morgan fingerprint density at radius 1 is 0.765 bits per heavy atom. The minimum Gasteiger partial charge on any atom is -0.481 e. The van der Waals surface area contributed by atoms with Gasteiger partial charge in [-0.15, -0.1) is 0 Å². The molecular weight excluding hydrogens is 616 g/mol. The van der Waals surface area contributed by atoms with Crippen LogP contribution in [-0.4, -0.2) is 43.9 Å². The Morgan fingerprint density at radius 2 is 1.00 bits per heavy atom. The van der Waals surface area contributed by atoms with Gasteiger partial charge in [-0.25, -0.2) is 4.79 Å². The molecule has 0 saturated heterocycles. The Balaban J connectivity index is -0.000000120. The van der Waals surface area contributed by atoms with Crippen molar-refractivity contribution in [3.05, 3.63) is 0 Å². The van der Waals surface area contributed by atoms with Crippen LogP contribution in [0, 0.1) is 0 Å². The van der Waals surface area contributed by atoms with Crippen LogP contribution < -0.4 is 0 Å². The molecule has 0 spiro atoms. The minimum absolute atomic E-state index is 0. The number of rotatable bonds is 5. The van der Waals surface area contributed by atoms with E-state index < -0.39 is 36.4 Å². The Morgan fingerprint density at radius 3 is 1.12 bits per heavy atom. The van der Waals surface area contributed by atoms with Gasteiger partial charge in [-0.3, -0.25) is 9.59 Å². The molecule has 0 aromatic carbocycles. The maximum atomic E-state index is 10.3. The van der Waals surface area contributed by atoms with E-state index >= 15 is 0 Å². The summed E-state index contributed by atoms with van der Waals surface area (Å²) in [4.78, 5) is 30.5. The van der Waals surface area contributed by atoms with Gasteiger partial charge in [-0.2, -0.15) is 0 Å². The summed E-state index contributed by atoms with van der Waals surface area (Å²) in [6.07, 6.45) is -2.29. The maximum Gasteiger partial charge on any atom is 1.00 e. The first-order valence-corrected chi connectivity index (χ1v) is 3.17. The van der Waals surface area contributed by atoms with Gasteiger partial charge in [-0.05, 0) is 0 Å². The summed E-state index contributed by atoms with van der Waals surface area (Å²) in [5.74, 6) is -5.02. The fraction of sp³-hybridized carbons (Fsp3) is 0.500. The van der Waals surface area contributed by atoms with Crippen molar-refractivity contribution >= 4 is 17.9 Å². The van der Waals surface area contributed by atoms with Crippen molar-refractivity contribution in [2.75, 3.05) is 0 Å². The van der Waals surface area contributed by atoms with Crippen molar-refractivity contribution in [3.8, 4) is 0 Å². The van der Waals surface area contributed by atoms with E-state index in [-0.39, 0.29) is 89.5 Å². The molecule has 0 unspecified atom stereocenters. The molecule has 0 aromatic heterocycles. The number of hydrogen-bond acceptors (Lipinski definition) is 4. The van der Waals surface area contributed by atoms with Gasteiger partial charge in [0.1, 0.15) is 0 Å². The van der Waals surface area contributed by atoms with E-state index in [4.69, 9.17) is 20.4 Å². The molecule has 0 atom stereocenters. The molecule has 0 heterocycles. The van der Waals surface area contributed by atoms with Crippen LogP contribution >= 0.6 is 0 Å². The molecule has 0 saturated carbocycles. The van der Waals surface area contributed by atoms with Crippen LogP contribution in [0.25, 0.3) is 0 Å². The Hall–Kier alpha value is 1.33. The summed E-state index contributed by atoms with van der Waals surface area (Å²) in [5, 5.41) is 33.8. The average Bonchev–Trinajstić information content (AvgIpc) is 1.82. The number of hydrogen-bond donors (Lipinski definition) is 4. The van der Waals surface area contributed by atoms with E-state index in [2.05, 4.69) is 0 Å². The second-order valence-corrected chi connectivity index (χ2v) is 2.48. The molecule has 0 aliphatic heterocycles. The van der Waals surface area contributed by atoms with E-state index in [1.165, 1.54) is 0 Å². The van der Waals surface area contributed by atoms with E-state index in [1.807, 2.05) is 0 Å². The number of carbonyl (C=O) groups is 3. The zero-order valence-electron chi connectivity index (χ0n) is 7.63. The summed E-state index contributed by atoms with van der Waals surface area (Å²) in [6.45, 7) is 0. The molecule has 0 fully saturated rings. The van der Waals surface area contributed by atoms with Crippen LogP contribution in [0.1, 0.15) is 12.8 Å². The van der Waals surface area contributed by atoms with Gasteiger partial charge in [0, 0.05) is 0 Å². The molecule has 0 bridgehead atoms. The molecule has 114 valence electrons. The van der Waals surface area contributed by atoms with Crippen molar-refractivity contribution in [2.24, 2.45) is 0 Å². The summed E-state index contributed by atoms with van der Waals surface area (Å²) in [6, 6.07) is 0. The quantitative estimate of drug-likeness (QED) is 0.282. The van der Waals surface area contributed by atoms with Gasteiger partial charge in [-0.1, -0.05) is 0 Å². The topological polar surface area (TPSA) is 132 Å². The molecule has 4 N–H and O–H groups in total. The third-order valence-corrected chi connectivity index (χ3v) is 1.29. The predicted molar refractivity (Wildman–Crippen MR) is 37.1 cm³/mol. The number of carboxylic acid groups (broad SMARTS) is 3. The van der Waals surface area contributed by atoms with Gasteiger partial charge in [0.05, 0.1) is 12.8 Å². The molecule has 0 amide bonds. The van der Waals surface area contributed by atoms with Gasteiger partial charge in [0.15, 0.2) is 5.60 Å². The molecule has 17 heavy (non-hydrogen) atoms. The zero-order chi connectivity index (χ0) is 10.6. The molecule has 7 nitrogen and oxygen atoms in total. The second kappa shape index (κ2) is 13.8. The van der Waals surface area contributed by atoms with Crippen LogP contribution in [-0.2, 0) is 104 Å². The number of carboxylic acids is 3. The molecule has 0 aliphatic carbocycles. The van der Waals surface area contributed by atoms with E-state index in [9.17, 15) is 14.4 Å². The Bertz CT molecular complexity index is 241. The third kappa shape index (κ3) is 13.6. The molecule has 0 radical (unpaired) electrons. The minimum atomic E-state index is -2.74. The van der Waals surface area contributed by atoms with E-state index in [0.29, 0.717) is 0 Å². The van der Waals surface area contributed by atoms with Gasteiger partial charge in [0.25, 0.3) is 0 Å². The van der Waals surface area contributed by atoms with Crippen molar-refractivity contribution in [1.29, 1.82) is 0 Å². The van der Waals surface area contributed by atoms with Crippen molar-refractivity contribution in [3.63, 3.8) is 0 Å². The first-order valence-electron chi connectivity index (χ1n) is 3.17. The first-order chi connectivity index (χ1) is 5.78. The Kier molecular flexibility index (Phi) is 25.1. The summed E-state index contributed by atoms with van der Waals surface area (Å²) in [7, 11) is 0. The standard InChI is InChI=1S/C6H8O7.4Ag/c7-3(8)1-6(13,5(11)12)2-4(9)10;;;;/h13H,1-2H2,(H,7,8)(H,9,10)(H,11,12);;;;/q;4*+1. The van der Waals surface area contributed by atoms with Crippen LogP contribution in [0.3, 0.4) is 0 Å². The largest absolute Gasteiger partial charge is 1.00 e. The van der Waals surface area contributed by atoms with Crippen LogP contribution in [0.15, 0.2) is 0 Å². The smallest absolute Gasteiger partial charge is 0.481 e. The summed E-state index contributed by atoms with van der Waals surface area (Å²) >= 11 is 0. The SMILES string of the molecule is O=C(O)CC(O)(CC(=O)O)C(=O)O.[Ag+].[Ag+].[Ag+].[Ag+]. The first kappa shape index (κ1) is 31.0. The maximum absolute atomic E-state index is 10.3. The van der Waals surface area contributed by atoms with Crippen LogP contribution in [0.4, 0.5) is 0 Å². The molecular formula is C6H8Ag4O7+4. The van der Waals surface area contributed by atoms with Crippen molar-refractivity contribution in [2.45, 2.75) is 18.4 Å². The van der Waals surface area contributed by atoms with E-state index in [1.54, 1.807) is 0 Å². The molecule has 11 heteroatoms. The summed E-state index contributed by atoms with van der Waals surface area (Å²) < 4.78 is 0. The Labute approximate surface area is 159 Å².